The molecule has 1 aromatic carbocycles. The number of halogens is 1. The first kappa shape index (κ1) is 11.9. The van der Waals surface area contributed by atoms with Crippen molar-refractivity contribution in [1.29, 1.82) is 0 Å². The quantitative estimate of drug-likeness (QED) is 0.942. The van der Waals surface area contributed by atoms with Crippen LogP contribution in [0.4, 0.5) is 5.95 Å². The van der Waals surface area contributed by atoms with Gasteiger partial charge in [-0.15, -0.1) is 0 Å². The summed E-state index contributed by atoms with van der Waals surface area (Å²) in [7, 11) is 1.78. The molecule has 0 atom stereocenters. The van der Waals surface area contributed by atoms with E-state index in [-0.39, 0.29) is 0 Å². The van der Waals surface area contributed by atoms with E-state index in [2.05, 4.69) is 31.2 Å². The molecule has 2 rings (SSSR count). The second-order valence-electron chi connectivity index (χ2n) is 3.48. The molecule has 2 aromatic rings. The molecule has 0 aliphatic carbocycles. The van der Waals surface area contributed by atoms with Gasteiger partial charge in [0.05, 0.1) is 0 Å². The van der Waals surface area contributed by atoms with Crippen molar-refractivity contribution in [2.75, 3.05) is 12.4 Å². The van der Waals surface area contributed by atoms with E-state index in [1.807, 2.05) is 31.2 Å². The molecule has 0 fully saturated rings. The number of hydrogen-bond acceptors (Lipinski definition) is 4. The normalized spacial score (nSPS) is 10.1. The molecule has 0 aliphatic heterocycles. The van der Waals surface area contributed by atoms with Gasteiger partial charge in [-0.3, -0.25) is 0 Å². The van der Waals surface area contributed by atoms with Crippen molar-refractivity contribution in [2.24, 2.45) is 0 Å². The van der Waals surface area contributed by atoms with Crippen molar-refractivity contribution in [3.05, 3.63) is 40.5 Å². The summed E-state index contributed by atoms with van der Waals surface area (Å²) in [4.78, 5) is 8.41. The lowest BCUT2D eigenvalue weighted by Crippen LogP contribution is -1.99. The van der Waals surface area contributed by atoms with Crippen LogP contribution < -0.4 is 10.1 Å². The fourth-order valence-electron chi connectivity index (χ4n) is 1.33. The van der Waals surface area contributed by atoms with Gasteiger partial charge >= 0.3 is 0 Å². The number of nitrogens with one attached hydrogen (secondary N) is 1. The fraction of sp³-hybridized carbons (Fsp3) is 0.167. The van der Waals surface area contributed by atoms with Crippen LogP contribution in [0.3, 0.4) is 0 Å². The number of anilines is 1. The molecule has 1 aromatic heterocycles. The summed E-state index contributed by atoms with van der Waals surface area (Å²) >= 11 is 3.37. The summed E-state index contributed by atoms with van der Waals surface area (Å²) < 4.78 is 6.66. The lowest BCUT2D eigenvalue weighted by Gasteiger charge is -2.07. The Hall–Kier alpha value is -1.62. The van der Waals surface area contributed by atoms with Gasteiger partial charge in [0, 0.05) is 23.3 Å². The number of aryl methyl sites for hydroxylation is 1. The van der Waals surface area contributed by atoms with Crippen LogP contribution in [0.2, 0.25) is 0 Å². The standard InChI is InChI=1S/C12H12BrN3O/c1-8-7-11(16-12(14-2)15-8)17-10-5-3-9(13)4-6-10/h3-7H,1-2H3,(H,14,15,16). The third-order valence-corrected chi connectivity index (χ3v) is 2.62. The Labute approximate surface area is 108 Å². The summed E-state index contributed by atoms with van der Waals surface area (Å²) in [5, 5.41) is 2.89. The van der Waals surface area contributed by atoms with E-state index in [9.17, 15) is 0 Å². The molecule has 0 saturated carbocycles. The van der Waals surface area contributed by atoms with Gasteiger partial charge in [-0.2, -0.15) is 4.98 Å². The largest absolute Gasteiger partial charge is 0.439 e. The fourth-order valence-corrected chi connectivity index (χ4v) is 1.59. The third-order valence-electron chi connectivity index (χ3n) is 2.09. The number of benzene rings is 1. The van der Waals surface area contributed by atoms with E-state index < -0.39 is 0 Å². The van der Waals surface area contributed by atoms with Gasteiger partial charge in [0.1, 0.15) is 5.75 Å². The summed E-state index contributed by atoms with van der Waals surface area (Å²) in [5.74, 6) is 1.83. The summed E-state index contributed by atoms with van der Waals surface area (Å²) in [6.07, 6.45) is 0. The zero-order valence-electron chi connectivity index (χ0n) is 9.57. The number of nitrogens with zero attached hydrogens (tertiary/aromatic N) is 2. The van der Waals surface area contributed by atoms with Crippen molar-refractivity contribution in [3.63, 3.8) is 0 Å². The zero-order valence-corrected chi connectivity index (χ0v) is 11.2. The van der Waals surface area contributed by atoms with E-state index in [4.69, 9.17) is 4.74 Å². The molecule has 0 amide bonds. The summed E-state index contributed by atoms with van der Waals surface area (Å²) in [5.41, 5.74) is 0.858. The van der Waals surface area contributed by atoms with E-state index >= 15 is 0 Å². The Morgan fingerprint density at radius 2 is 1.88 bits per heavy atom. The highest BCUT2D eigenvalue weighted by Crippen LogP contribution is 2.22. The maximum Gasteiger partial charge on any atom is 0.225 e. The second kappa shape index (κ2) is 5.14. The molecular formula is C12H12BrN3O. The van der Waals surface area contributed by atoms with Crippen molar-refractivity contribution < 1.29 is 4.74 Å². The van der Waals surface area contributed by atoms with Crippen molar-refractivity contribution in [1.82, 2.24) is 9.97 Å². The van der Waals surface area contributed by atoms with Gasteiger partial charge in [-0.05, 0) is 31.2 Å². The molecule has 0 bridgehead atoms. The Bertz CT molecular complexity index is 514. The molecule has 17 heavy (non-hydrogen) atoms. The average Bonchev–Trinajstić information content (AvgIpc) is 2.31. The van der Waals surface area contributed by atoms with E-state index in [0.717, 1.165) is 15.9 Å². The summed E-state index contributed by atoms with van der Waals surface area (Å²) in [6, 6.07) is 9.38. The highest BCUT2D eigenvalue weighted by atomic mass is 79.9. The number of ether oxygens (including phenoxy) is 1. The molecular weight excluding hydrogens is 282 g/mol. The molecule has 5 heteroatoms. The number of aromatic nitrogens is 2. The van der Waals surface area contributed by atoms with Crippen LogP contribution in [0.1, 0.15) is 5.69 Å². The molecule has 0 saturated heterocycles. The Kier molecular flexibility index (Phi) is 3.58. The molecule has 0 spiro atoms. The maximum absolute atomic E-state index is 5.64. The Morgan fingerprint density at radius 1 is 1.18 bits per heavy atom. The topological polar surface area (TPSA) is 47.0 Å². The summed E-state index contributed by atoms with van der Waals surface area (Å²) in [6.45, 7) is 1.90. The minimum atomic E-state index is 0.532. The minimum absolute atomic E-state index is 0.532. The van der Waals surface area contributed by atoms with Crippen LogP contribution in [0.15, 0.2) is 34.8 Å². The van der Waals surface area contributed by atoms with Crippen LogP contribution in [-0.2, 0) is 0 Å². The van der Waals surface area contributed by atoms with Gasteiger partial charge < -0.3 is 10.1 Å². The predicted octanol–water partition coefficient (Wildman–Crippen LogP) is 3.38. The molecule has 0 unspecified atom stereocenters. The van der Waals surface area contributed by atoms with Gasteiger partial charge in [-0.1, -0.05) is 15.9 Å². The molecule has 0 radical (unpaired) electrons. The minimum Gasteiger partial charge on any atom is -0.439 e. The van der Waals surface area contributed by atoms with Crippen LogP contribution in [0.5, 0.6) is 11.6 Å². The predicted molar refractivity (Wildman–Crippen MR) is 70.5 cm³/mol. The Balaban J connectivity index is 2.23. The molecule has 88 valence electrons. The monoisotopic (exact) mass is 293 g/mol. The van der Waals surface area contributed by atoms with Crippen molar-refractivity contribution in [2.45, 2.75) is 6.92 Å². The SMILES string of the molecule is CNc1nc(C)cc(Oc2ccc(Br)cc2)n1. The lowest BCUT2D eigenvalue weighted by atomic mass is 10.3. The van der Waals surface area contributed by atoms with Crippen LogP contribution in [-0.4, -0.2) is 17.0 Å². The van der Waals surface area contributed by atoms with Crippen molar-refractivity contribution in [3.8, 4) is 11.6 Å². The highest BCUT2D eigenvalue weighted by Gasteiger charge is 2.03. The molecule has 4 nitrogen and oxygen atoms in total. The third kappa shape index (κ3) is 3.17. The first-order valence-corrected chi connectivity index (χ1v) is 5.93. The van der Waals surface area contributed by atoms with Crippen LogP contribution in [0, 0.1) is 6.92 Å². The van der Waals surface area contributed by atoms with Gasteiger partial charge in [0.2, 0.25) is 11.8 Å². The first-order chi connectivity index (χ1) is 8.17. The second-order valence-corrected chi connectivity index (χ2v) is 4.39. The van der Waals surface area contributed by atoms with Gasteiger partial charge in [-0.25, -0.2) is 4.98 Å². The highest BCUT2D eigenvalue weighted by molar-refractivity contribution is 9.10. The molecule has 0 aliphatic rings. The number of hydrogen-bond donors (Lipinski definition) is 1. The van der Waals surface area contributed by atoms with Gasteiger partial charge in [0.25, 0.3) is 0 Å². The molecule has 1 N–H and O–H groups in total. The zero-order chi connectivity index (χ0) is 12.3. The maximum atomic E-state index is 5.64. The van der Waals surface area contributed by atoms with Gasteiger partial charge in [0.15, 0.2) is 0 Å². The van der Waals surface area contributed by atoms with E-state index in [1.165, 1.54) is 0 Å². The average molecular weight is 294 g/mol. The van der Waals surface area contributed by atoms with Crippen LogP contribution >= 0.6 is 15.9 Å². The first-order valence-electron chi connectivity index (χ1n) is 5.14. The smallest absolute Gasteiger partial charge is 0.225 e. The van der Waals surface area contributed by atoms with E-state index in [0.29, 0.717) is 11.8 Å². The number of rotatable bonds is 3. The molecule has 1 heterocycles. The lowest BCUT2D eigenvalue weighted by molar-refractivity contribution is 0.461. The van der Waals surface area contributed by atoms with Crippen molar-refractivity contribution >= 4 is 21.9 Å². The van der Waals surface area contributed by atoms with Crippen LogP contribution in [0.25, 0.3) is 0 Å². The Morgan fingerprint density at radius 3 is 2.53 bits per heavy atom. The van der Waals surface area contributed by atoms with E-state index in [1.54, 1.807) is 13.1 Å².